The molecule has 5 nitrogen and oxygen atoms in total. The van der Waals surface area contributed by atoms with Crippen LogP contribution in [0.15, 0.2) is 41.4 Å². The van der Waals surface area contributed by atoms with Gasteiger partial charge in [-0.25, -0.2) is 4.99 Å². The maximum Gasteiger partial charge on any atom is 0.191 e. The molecule has 0 spiro atoms. The van der Waals surface area contributed by atoms with E-state index in [1.807, 2.05) is 18.2 Å². The monoisotopic (exact) mass is 427 g/mol. The second-order valence-electron chi connectivity index (χ2n) is 5.24. The van der Waals surface area contributed by atoms with Crippen molar-refractivity contribution in [3.63, 3.8) is 0 Å². The van der Waals surface area contributed by atoms with Crippen molar-refractivity contribution in [2.24, 2.45) is 10.7 Å². The Balaban J connectivity index is 0.00000192. The van der Waals surface area contributed by atoms with E-state index in [1.165, 1.54) is 5.39 Å². The van der Waals surface area contributed by atoms with Gasteiger partial charge in [-0.1, -0.05) is 30.3 Å². The van der Waals surface area contributed by atoms with Crippen LogP contribution in [0.1, 0.15) is 5.56 Å². The fourth-order valence-corrected chi connectivity index (χ4v) is 2.72. The first-order valence-electron chi connectivity index (χ1n) is 7.47. The number of ether oxygens (including phenoxy) is 2. The Bertz CT molecular complexity index is 685. The van der Waals surface area contributed by atoms with Crippen LogP contribution < -0.4 is 10.5 Å². The number of nitrogens with zero attached hydrogens (tertiary/aromatic N) is 2. The number of benzene rings is 2. The molecule has 2 N–H and O–H groups in total. The predicted molar refractivity (Wildman–Crippen MR) is 104 cm³/mol. The Hall–Kier alpha value is -1.54. The lowest BCUT2D eigenvalue weighted by atomic mass is 10.0. The van der Waals surface area contributed by atoms with Gasteiger partial charge in [0.25, 0.3) is 0 Å². The Morgan fingerprint density at radius 3 is 2.70 bits per heavy atom. The summed E-state index contributed by atoms with van der Waals surface area (Å²) in [4.78, 5) is 6.62. The van der Waals surface area contributed by atoms with Crippen LogP contribution in [0.3, 0.4) is 0 Å². The lowest BCUT2D eigenvalue weighted by Gasteiger charge is -2.27. The first kappa shape index (κ1) is 17.8. The lowest BCUT2D eigenvalue weighted by molar-refractivity contribution is 0.0674. The molecule has 0 unspecified atom stereocenters. The number of aliphatic imine (C=N–C) groups is 1. The molecule has 124 valence electrons. The average molecular weight is 427 g/mol. The van der Waals surface area contributed by atoms with Gasteiger partial charge >= 0.3 is 0 Å². The molecule has 0 bridgehead atoms. The molecule has 1 aliphatic rings. The molecule has 2 aromatic carbocycles. The molecule has 0 saturated carbocycles. The topological polar surface area (TPSA) is 60.1 Å². The average Bonchev–Trinajstić information content (AvgIpc) is 2.60. The zero-order valence-electron chi connectivity index (χ0n) is 13.2. The molecular formula is C17H22IN3O2. The predicted octanol–water partition coefficient (Wildman–Crippen LogP) is 2.61. The third-order valence-corrected chi connectivity index (χ3v) is 3.95. The van der Waals surface area contributed by atoms with Gasteiger partial charge in [0.1, 0.15) is 5.75 Å². The van der Waals surface area contributed by atoms with Gasteiger partial charge in [0.05, 0.1) is 26.9 Å². The summed E-state index contributed by atoms with van der Waals surface area (Å²) in [7, 11) is 1.68. The van der Waals surface area contributed by atoms with Crippen molar-refractivity contribution in [2.45, 2.75) is 6.54 Å². The van der Waals surface area contributed by atoms with Gasteiger partial charge < -0.3 is 20.1 Å². The highest BCUT2D eigenvalue weighted by Crippen LogP contribution is 2.28. The fraction of sp³-hybridized carbons (Fsp3) is 0.353. The van der Waals surface area contributed by atoms with Gasteiger partial charge in [0.2, 0.25) is 0 Å². The highest BCUT2D eigenvalue weighted by atomic mass is 127. The highest BCUT2D eigenvalue weighted by Gasteiger charge is 2.13. The number of methoxy groups -OCH3 is 1. The van der Waals surface area contributed by atoms with Crippen molar-refractivity contribution in [1.29, 1.82) is 0 Å². The summed E-state index contributed by atoms with van der Waals surface area (Å²) in [6, 6.07) is 12.3. The maximum atomic E-state index is 6.11. The lowest BCUT2D eigenvalue weighted by Crippen LogP contribution is -2.44. The summed E-state index contributed by atoms with van der Waals surface area (Å²) in [6.07, 6.45) is 0. The van der Waals surface area contributed by atoms with Crippen molar-refractivity contribution >= 4 is 40.7 Å². The van der Waals surface area contributed by atoms with Crippen molar-refractivity contribution in [1.82, 2.24) is 4.90 Å². The summed E-state index contributed by atoms with van der Waals surface area (Å²) < 4.78 is 10.8. The molecule has 1 saturated heterocycles. The van der Waals surface area contributed by atoms with Crippen LogP contribution in [0.4, 0.5) is 0 Å². The molecule has 6 heteroatoms. The standard InChI is InChI=1S/C17H21N3O2.HI/c1-21-16-7-6-13-4-2-3-5-14(13)15(16)12-19-17(18)20-8-10-22-11-9-20;/h2-7H,8-12H2,1H3,(H2,18,19);1H. The van der Waals surface area contributed by atoms with Crippen LogP contribution >= 0.6 is 24.0 Å². The van der Waals surface area contributed by atoms with Gasteiger partial charge in [0, 0.05) is 18.7 Å². The maximum absolute atomic E-state index is 6.11. The van der Waals surface area contributed by atoms with Crippen molar-refractivity contribution < 1.29 is 9.47 Å². The second kappa shape index (κ2) is 8.35. The molecule has 1 fully saturated rings. The zero-order valence-corrected chi connectivity index (χ0v) is 15.5. The Labute approximate surface area is 153 Å². The van der Waals surface area contributed by atoms with Gasteiger partial charge in [-0.15, -0.1) is 24.0 Å². The largest absolute Gasteiger partial charge is 0.496 e. The highest BCUT2D eigenvalue weighted by molar-refractivity contribution is 14.0. The number of rotatable bonds is 3. The molecule has 0 radical (unpaired) electrons. The summed E-state index contributed by atoms with van der Waals surface area (Å²) in [5.41, 5.74) is 7.18. The summed E-state index contributed by atoms with van der Waals surface area (Å²) in [6.45, 7) is 3.50. The summed E-state index contributed by atoms with van der Waals surface area (Å²) in [5, 5.41) is 2.33. The molecule has 3 rings (SSSR count). The number of fused-ring (bicyclic) bond motifs is 1. The number of hydrogen-bond donors (Lipinski definition) is 1. The van der Waals surface area contributed by atoms with Crippen molar-refractivity contribution in [2.75, 3.05) is 33.4 Å². The Morgan fingerprint density at radius 1 is 1.22 bits per heavy atom. The number of nitrogens with two attached hydrogens (primary N) is 1. The smallest absolute Gasteiger partial charge is 0.191 e. The van der Waals surface area contributed by atoms with Crippen molar-refractivity contribution in [3.05, 3.63) is 42.0 Å². The molecule has 0 amide bonds. The number of guanidine groups is 1. The van der Waals surface area contributed by atoms with E-state index >= 15 is 0 Å². The minimum Gasteiger partial charge on any atom is -0.496 e. The van der Waals surface area contributed by atoms with Crippen LogP contribution in [0, 0.1) is 0 Å². The van der Waals surface area contributed by atoms with Crippen LogP contribution in [-0.4, -0.2) is 44.3 Å². The quantitative estimate of drug-likeness (QED) is 0.465. The molecular weight excluding hydrogens is 405 g/mol. The third-order valence-electron chi connectivity index (χ3n) is 3.95. The Kier molecular flexibility index (Phi) is 6.47. The van der Waals surface area contributed by atoms with Crippen LogP contribution in [0.2, 0.25) is 0 Å². The van der Waals surface area contributed by atoms with Gasteiger partial charge in [-0.2, -0.15) is 0 Å². The summed E-state index contributed by atoms with van der Waals surface area (Å²) in [5.74, 6) is 1.41. The molecule has 0 atom stereocenters. The van der Waals surface area contributed by atoms with E-state index < -0.39 is 0 Å². The molecule has 1 heterocycles. The van der Waals surface area contributed by atoms with Crippen LogP contribution in [0.25, 0.3) is 10.8 Å². The van der Waals surface area contributed by atoms with E-state index in [9.17, 15) is 0 Å². The van der Waals surface area contributed by atoms with E-state index in [0.29, 0.717) is 25.7 Å². The van der Waals surface area contributed by atoms with E-state index in [1.54, 1.807) is 7.11 Å². The van der Waals surface area contributed by atoms with E-state index in [2.05, 4.69) is 28.1 Å². The first-order valence-corrected chi connectivity index (χ1v) is 7.47. The SMILES string of the molecule is COc1ccc2ccccc2c1CN=C(N)N1CCOCC1.I. The fourth-order valence-electron chi connectivity index (χ4n) is 2.72. The minimum atomic E-state index is 0. The number of hydrogen-bond acceptors (Lipinski definition) is 3. The zero-order chi connectivity index (χ0) is 15.4. The van der Waals surface area contributed by atoms with E-state index in [0.717, 1.165) is 29.8 Å². The van der Waals surface area contributed by atoms with Crippen LogP contribution in [0.5, 0.6) is 5.75 Å². The first-order chi connectivity index (χ1) is 10.8. The van der Waals surface area contributed by atoms with Crippen molar-refractivity contribution in [3.8, 4) is 5.75 Å². The number of halogens is 1. The van der Waals surface area contributed by atoms with E-state index in [-0.39, 0.29) is 24.0 Å². The molecule has 1 aliphatic heterocycles. The molecule has 2 aromatic rings. The molecule has 0 aliphatic carbocycles. The van der Waals surface area contributed by atoms with Gasteiger partial charge in [0.15, 0.2) is 5.96 Å². The summed E-state index contributed by atoms with van der Waals surface area (Å²) >= 11 is 0. The van der Waals surface area contributed by atoms with Gasteiger partial charge in [-0.3, -0.25) is 0 Å². The second-order valence-corrected chi connectivity index (χ2v) is 5.24. The molecule has 0 aromatic heterocycles. The third kappa shape index (κ3) is 4.06. The van der Waals surface area contributed by atoms with Gasteiger partial charge in [-0.05, 0) is 16.8 Å². The van der Waals surface area contributed by atoms with E-state index in [4.69, 9.17) is 15.2 Å². The molecule has 23 heavy (non-hydrogen) atoms. The normalized spacial score (nSPS) is 15.3. The number of morpholine rings is 1. The Morgan fingerprint density at radius 2 is 1.96 bits per heavy atom. The van der Waals surface area contributed by atoms with Crippen LogP contribution in [-0.2, 0) is 11.3 Å². The minimum absolute atomic E-state index is 0.